The van der Waals surface area contributed by atoms with E-state index in [4.69, 9.17) is 5.73 Å². The maximum absolute atomic E-state index is 11.6. The van der Waals surface area contributed by atoms with E-state index in [1.807, 2.05) is 4.90 Å². The van der Waals surface area contributed by atoms with Crippen LogP contribution in [0.25, 0.3) is 0 Å². The minimum atomic E-state index is 0.289. The highest BCUT2D eigenvalue weighted by atomic mass is 79.9. The third-order valence-corrected chi connectivity index (χ3v) is 3.79. The first kappa shape index (κ1) is 14.9. The lowest BCUT2D eigenvalue weighted by Gasteiger charge is -2.16. The van der Waals surface area contributed by atoms with Gasteiger partial charge in [-0.3, -0.25) is 4.79 Å². The first-order valence-corrected chi connectivity index (χ1v) is 7.35. The third kappa shape index (κ3) is 5.81. The van der Waals surface area contributed by atoms with Gasteiger partial charge in [-0.25, -0.2) is 0 Å². The number of rotatable bonds is 9. The molecule has 1 saturated heterocycles. The number of halogens is 1. The molecule has 0 radical (unpaired) electrons. The predicted molar refractivity (Wildman–Crippen MR) is 73.3 cm³/mol. The van der Waals surface area contributed by atoms with Crippen molar-refractivity contribution in [3.05, 3.63) is 0 Å². The topological polar surface area (TPSA) is 70.4 Å². The molecule has 6 heteroatoms. The maximum atomic E-state index is 11.6. The Kier molecular flexibility index (Phi) is 7.75. The summed E-state index contributed by atoms with van der Waals surface area (Å²) in [5, 5.41) is 7.45. The van der Waals surface area contributed by atoms with Crippen LogP contribution in [0.1, 0.15) is 6.42 Å². The summed E-state index contributed by atoms with van der Waals surface area (Å²) in [6.07, 6.45) is 0.698. The molecule has 100 valence electrons. The van der Waals surface area contributed by atoms with Gasteiger partial charge in [0, 0.05) is 57.6 Å². The quantitative estimate of drug-likeness (QED) is 0.392. The van der Waals surface area contributed by atoms with Crippen molar-refractivity contribution in [2.45, 2.75) is 6.42 Å². The first-order chi connectivity index (χ1) is 8.27. The van der Waals surface area contributed by atoms with E-state index in [1.54, 1.807) is 0 Å². The van der Waals surface area contributed by atoms with Crippen molar-refractivity contribution in [2.24, 2.45) is 11.7 Å². The van der Waals surface area contributed by atoms with Gasteiger partial charge < -0.3 is 21.3 Å². The molecule has 0 spiro atoms. The van der Waals surface area contributed by atoms with Gasteiger partial charge in [-0.2, -0.15) is 0 Å². The van der Waals surface area contributed by atoms with E-state index in [9.17, 15) is 4.79 Å². The van der Waals surface area contributed by atoms with Gasteiger partial charge in [-0.1, -0.05) is 15.9 Å². The molecule has 1 aliphatic rings. The highest BCUT2D eigenvalue weighted by Crippen LogP contribution is 2.18. The summed E-state index contributed by atoms with van der Waals surface area (Å²) in [4.78, 5) is 13.6. The number of carbonyl (C=O) groups is 1. The van der Waals surface area contributed by atoms with Crippen molar-refractivity contribution in [3.63, 3.8) is 0 Å². The molecule has 0 aromatic carbocycles. The molecule has 4 N–H and O–H groups in total. The average molecular weight is 307 g/mol. The van der Waals surface area contributed by atoms with Crippen LogP contribution in [0.4, 0.5) is 0 Å². The Bertz CT molecular complexity index is 228. The fourth-order valence-corrected chi connectivity index (χ4v) is 2.35. The molecule has 17 heavy (non-hydrogen) atoms. The Labute approximate surface area is 112 Å². The van der Waals surface area contributed by atoms with Crippen LogP contribution in [-0.4, -0.2) is 62.0 Å². The number of carbonyl (C=O) groups excluding carboxylic acids is 1. The summed E-state index contributed by atoms with van der Waals surface area (Å²) < 4.78 is 0. The van der Waals surface area contributed by atoms with Gasteiger partial charge in [0.2, 0.25) is 5.91 Å². The molecule has 0 saturated carbocycles. The van der Waals surface area contributed by atoms with Crippen molar-refractivity contribution >= 4 is 21.8 Å². The minimum Gasteiger partial charge on any atom is -0.341 e. The fraction of sp³-hybridized carbons (Fsp3) is 0.909. The number of nitrogens with one attached hydrogen (secondary N) is 2. The van der Waals surface area contributed by atoms with Gasteiger partial charge in [-0.05, 0) is 5.92 Å². The van der Waals surface area contributed by atoms with Gasteiger partial charge in [0.25, 0.3) is 0 Å². The molecule has 0 aromatic heterocycles. The zero-order valence-corrected chi connectivity index (χ0v) is 11.8. The molecule has 1 rings (SSSR count). The maximum Gasteiger partial charge on any atom is 0.222 e. The molecule has 1 amide bonds. The van der Waals surface area contributed by atoms with Crippen molar-refractivity contribution in [3.8, 4) is 0 Å². The molecular weight excluding hydrogens is 284 g/mol. The summed E-state index contributed by atoms with van der Waals surface area (Å²) >= 11 is 3.44. The van der Waals surface area contributed by atoms with Crippen molar-refractivity contribution in [1.82, 2.24) is 15.5 Å². The number of amides is 1. The second-order valence-corrected chi connectivity index (χ2v) is 5.00. The number of hydrogen-bond acceptors (Lipinski definition) is 4. The lowest BCUT2D eigenvalue weighted by atomic mass is 10.2. The highest BCUT2D eigenvalue weighted by Gasteiger charge is 2.27. The number of nitrogens with two attached hydrogens (primary N) is 1. The van der Waals surface area contributed by atoms with Crippen LogP contribution in [0.2, 0.25) is 0 Å². The monoisotopic (exact) mass is 306 g/mol. The summed E-state index contributed by atoms with van der Waals surface area (Å²) in [5.41, 5.74) is 5.36. The molecule has 0 bridgehead atoms. The molecule has 1 unspecified atom stereocenters. The summed E-state index contributed by atoms with van der Waals surface area (Å²) in [6.45, 7) is 5.97. The summed E-state index contributed by atoms with van der Waals surface area (Å²) in [5.74, 6) is 0.784. The van der Waals surface area contributed by atoms with Crippen LogP contribution in [0.3, 0.4) is 0 Å². The SMILES string of the molecule is NCCNCCNCCN1CC(CBr)CC1=O. The van der Waals surface area contributed by atoms with Crippen molar-refractivity contribution < 1.29 is 4.79 Å². The Balaban J connectivity index is 1.98. The van der Waals surface area contributed by atoms with E-state index in [-0.39, 0.29) is 5.91 Å². The fourth-order valence-electron chi connectivity index (χ4n) is 1.92. The number of likely N-dealkylation sites (tertiary alicyclic amines) is 1. The van der Waals surface area contributed by atoms with Crippen LogP contribution < -0.4 is 16.4 Å². The summed E-state index contributed by atoms with van der Waals surface area (Å²) in [6, 6.07) is 0. The molecular formula is C11H23BrN4O. The van der Waals surface area contributed by atoms with Crippen LogP contribution in [-0.2, 0) is 4.79 Å². The Morgan fingerprint density at radius 3 is 2.59 bits per heavy atom. The second kappa shape index (κ2) is 8.85. The average Bonchev–Trinajstić information content (AvgIpc) is 2.69. The Hall–Kier alpha value is -0.170. The molecule has 0 aromatic rings. The van der Waals surface area contributed by atoms with E-state index in [2.05, 4.69) is 26.6 Å². The number of alkyl halides is 1. The predicted octanol–water partition coefficient (Wildman–Crippen LogP) is -0.632. The first-order valence-electron chi connectivity index (χ1n) is 6.23. The number of hydrogen-bond donors (Lipinski definition) is 3. The van der Waals surface area contributed by atoms with Crippen molar-refractivity contribution in [2.75, 3.05) is 51.1 Å². The van der Waals surface area contributed by atoms with E-state index in [1.165, 1.54) is 0 Å². The lowest BCUT2D eigenvalue weighted by Crippen LogP contribution is -2.36. The van der Waals surface area contributed by atoms with Crippen LogP contribution in [0, 0.1) is 5.92 Å². The summed E-state index contributed by atoms with van der Waals surface area (Å²) in [7, 11) is 0. The van der Waals surface area contributed by atoms with Crippen LogP contribution in [0.15, 0.2) is 0 Å². The van der Waals surface area contributed by atoms with E-state index in [0.717, 1.165) is 44.6 Å². The van der Waals surface area contributed by atoms with E-state index >= 15 is 0 Å². The molecule has 1 atom stereocenters. The van der Waals surface area contributed by atoms with Gasteiger partial charge in [-0.15, -0.1) is 0 Å². The molecule has 1 aliphatic heterocycles. The Morgan fingerprint density at radius 1 is 1.29 bits per heavy atom. The van der Waals surface area contributed by atoms with Gasteiger partial charge in [0.05, 0.1) is 0 Å². The minimum absolute atomic E-state index is 0.289. The Morgan fingerprint density at radius 2 is 2.00 bits per heavy atom. The van der Waals surface area contributed by atoms with E-state index in [0.29, 0.717) is 18.9 Å². The largest absolute Gasteiger partial charge is 0.341 e. The van der Waals surface area contributed by atoms with Gasteiger partial charge in [0.15, 0.2) is 0 Å². The highest BCUT2D eigenvalue weighted by molar-refractivity contribution is 9.09. The lowest BCUT2D eigenvalue weighted by molar-refractivity contribution is -0.127. The van der Waals surface area contributed by atoms with Crippen LogP contribution in [0.5, 0.6) is 0 Å². The molecule has 5 nitrogen and oxygen atoms in total. The smallest absolute Gasteiger partial charge is 0.222 e. The zero-order valence-electron chi connectivity index (χ0n) is 10.3. The van der Waals surface area contributed by atoms with Gasteiger partial charge in [0.1, 0.15) is 0 Å². The molecule has 0 aliphatic carbocycles. The zero-order chi connectivity index (χ0) is 12.5. The molecule has 1 fully saturated rings. The third-order valence-electron chi connectivity index (χ3n) is 2.87. The van der Waals surface area contributed by atoms with Crippen LogP contribution >= 0.6 is 15.9 Å². The standard InChI is InChI=1S/C11H23BrN4O/c12-8-10-7-11(17)16(9-10)6-5-15-4-3-14-2-1-13/h10,14-15H,1-9,13H2. The second-order valence-electron chi connectivity index (χ2n) is 4.35. The number of nitrogens with zero attached hydrogens (tertiary/aromatic N) is 1. The van der Waals surface area contributed by atoms with E-state index < -0.39 is 0 Å². The van der Waals surface area contributed by atoms with Crippen molar-refractivity contribution in [1.29, 1.82) is 0 Å². The molecule has 1 heterocycles. The normalized spacial score (nSPS) is 20.2. The van der Waals surface area contributed by atoms with Gasteiger partial charge >= 0.3 is 0 Å².